The number of carbonyl (C=O) groups is 1. The minimum absolute atomic E-state index is 0.0265. The van der Waals surface area contributed by atoms with Gasteiger partial charge in [-0.25, -0.2) is 5.43 Å². The van der Waals surface area contributed by atoms with E-state index in [2.05, 4.69) is 17.1 Å². The first-order chi connectivity index (χ1) is 12.8. The second kappa shape index (κ2) is 8.34. The highest BCUT2D eigenvalue weighted by Crippen LogP contribution is 2.23. The number of hydrogen-bond acceptors (Lipinski definition) is 7. The molecule has 0 atom stereocenters. The third kappa shape index (κ3) is 4.72. The van der Waals surface area contributed by atoms with Gasteiger partial charge in [0.05, 0.1) is 27.7 Å². The topological polar surface area (TPSA) is 148 Å². The standard InChI is InChI=1S/C17H14N4O6/c1-2-4-11-5-3-6-12(16(11)22)10-18-19-17(23)13-7-14(20(24)25)9-15(8-13)21(26)27/h2-3,5-10,22H,1,4H2,(H,19,23). The van der Waals surface area contributed by atoms with Crippen molar-refractivity contribution in [2.75, 3.05) is 0 Å². The Hall–Kier alpha value is -4.08. The third-order valence-electron chi connectivity index (χ3n) is 3.47. The van der Waals surface area contributed by atoms with E-state index in [0.29, 0.717) is 17.5 Å². The number of hydrazone groups is 1. The summed E-state index contributed by atoms with van der Waals surface area (Å²) in [6.07, 6.45) is 3.25. The molecule has 1 amide bonds. The molecule has 138 valence electrons. The predicted molar refractivity (Wildman–Crippen MR) is 96.8 cm³/mol. The number of allylic oxidation sites excluding steroid dienone is 1. The van der Waals surface area contributed by atoms with Gasteiger partial charge in [-0.3, -0.25) is 25.0 Å². The number of hydrogen-bond donors (Lipinski definition) is 2. The molecule has 0 spiro atoms. The molecule has 0 saturated heterocycles. The average Bonchev–Trinajstić information content (AvgIpc) is 2.64. The quantitative estimate of drug-likeness (QED) is 0.331. The van der Waals surface area contributed by atoms with Crippen LogP contribution in [0.5, 0.6) is 5.75 Å². The molecule has 2 N–H and O–H groups in total. The predicted octanol–water partition coefficient (Wildman–Crippen LogP) is 2.70. The molecule has 0 unspecified atom stereocenters. The summed E-state index contributed by atoms with van der Waals surface area (Å²) in [5, 5.41) is 35.5. The molecule has 2 aromatic rings. The maximum absolute atomic E-state index is 12.1. The number of rotatable bonds is 7. The van der Waals surface area contributed by atoms with Crippen molar-refractivity contribution in [3.8, 4) is 5.75 Å². The molecule has 0 radical (unpaired) electrons. The SMILES string of the molecule is C=CCc1cccc(C=NNC(=O)c2cc([N+](=O)[O-])cc([N+](=O)[O-])c2)c1O. The Morgan fingerprint density at radius 2 is 1.81 bits per heavy atom. The first-order valence-corrected chi connectivity index (χ1v) is 7.52. The van der Waals surface area contributed by atoms with Gasteiger partial charge in [0.2, 0.25) is 0 Å². The molecule has 0 bridgehead atoms. The summed E-state index contributed by atoms with van der Waals surface area (Å²) in [5.41, 5.74) is 1.59. The molecule has 0 saturated carbocycles. The van der Waals surface area contributed by atoms with Crippen molar-refractivity contribution >= 4 is 23.5 Å². The largest absolute Gasteiger partial charge is 0.507 e. The number of nitro groups is 2. The minimum atomic E-state index is -0.875. The Kier molecular flexibility index (Phi) is 5.94. The number of nitrogens with one attached hydrogen (secondary N) is 1. The molecule has 0 heterocycles. The lowest BCUT2D eigenvalue weighted by atomic mass is 10.1. The van der Waals surface area contributed by atoms with Crippen molar-refractivity contribution in [3.63, 3.8) is 0 Å². The van der Waals surface area contributed by atoms with Gasteiger partial charge in [0.15, 0.2) is 0 Å². The molecule has 0 aliphatic rings. The van der Waals surface area contributed by atoms with Crippen LogP contribution >= 0.6 is 0 Å². The fourth-order valence-electron chi connectivity index (χ4n) is 2.20. The molecule has 0 aliphatic carbocycles. The summed E-state index contributed by atoms with van der Waals surface area (Å²) in [4.78, 5) is 32.1. The van der Waals surface area contributed by atoms with Crippen LogP contribution in [0.3, 0.4) is 0 Å². The highest BCUT2D eigenvalue weighted by Gasteiger charge is 2.19. The molecule has 2 rings (SSSR count). The van der Waals surface area contributed by atoms with Crippen LogP contribution in [0, 0.1) is 20.2 Å². The van der Waals surface area contributed by atoms with E-state index in [0.717, 1.165) is 18.2 Å². The molecular weight excluding hydrogens is 356 g/mol. The molecule has 0 fully saturated rings. The smallest absolute Gasteiger partial charge is 0.277 e. The molecule has 0 aromatic heterocycles. The number of nitrogens with zero attached hydrogens (tertiary/aromatic N) is 3. The number of benzene rings is 2. The molecule has 0 aliphatic heterocycles. The third-order valence-corrected chi connectivity index (χ3v) is 3.47. The van der Waals surface area contributed by atoms with Crippen LogP contribution in [-0.4, -0.2) is 27.1 Å². The molecule has 10 nitrogen and oxygen atoms in total. The van der Waals surface area contributed by atoms with Gasteiger partial charge in [-0.15, -0.1) is 6.58 Å². The number of non-ortho nitro benzene ring substituents is 2. The fourth-order valence-corrected chi connectivity index (χ4v) is 2.20. The first kappa shape index (κ1) is 19.2. The number of phenols is 1. The van der Waals surface area contributed by atoms with Crippen LogP contribution in [0.1, 0.15) is 21.5 Å². The summed E-state index contributed by atoms with van der Waals surface area (Å²) in [7, 11) is 0. The number of amides is 1. The van der Waals surface area contributed by atoms with E-state index >= 15 is 0 Å². The van der Waals surface area contributed by atoms with E-state index in [4.69, 9.17) is 0 Å². The fraction of sp³-hybridized carbons (Fsp3) is 0.0588. The second-order valence-corrected chi connectivity index (χ2v) is 5.30. The van der Waals surface area contributed by atoms with Crippen molar-refractivity contribution in [2.24, 2.45) is 5.10 Å². The Bertz CT molecular complexity index is 922. The van der Waals surface area contributed by atoms with Crippen molar-refractivity contribution in [1.82, 2.24) is 5.43 Å². The highest BCUT2D eigenvalue weighted by molar-refractivity contribution is 5.96. The average molecular weight is 370 g/mol. The Morgan fingerprint density at radius 1 is 1.19 bits per heavy atom. The maximum Gasteiger partial charge on any atom is 0.277 e. The van der Waals surface area contributed by atoms with Crippen LogP contribution in [0.15, 0.2) is 54.2 Å². The van der Waals surface area contributed by atoms with Crippen LogP contribution in [0.25, 0.3) is 0 Å². The summed E-state index contributed by atoms with van der Waals surface area (Å²) in [6, 6.07) is 7.51. The monoisotopic (exact) mass is 370 g/mol. The Morgan fingerprint density at radius 3 is 2.37 bits per heavy atom. The lowest BCUT2D eigenvalue weighted by Crippen LogP contribution is -2.18. The molecular formula is C17H14N4O6. The second-order valence-electron chi connectivity index (χ2n) is 5.30. The van der Waals surface area contributed by atoms with E-state index in [1.165, 1.54) is 6.21 Å². The zero-order valence-electron chi connectivity index (χ0n) is 13.9. The Balaban J connectivity index is 2.22. The van der Waals surface area contributed by atoms with Gasteiger partial charge >= 0.3 is 0 Å². The van der Waals surface area contributed by atoms with Gasteiger partial charge in [-0.05, 0) is 18.1 Å². The normalized spacial score (nSPS) is 10.5. The molecule has 27 heavy (non-hydrogen) atoms. The van der Waals surface area contributed by atoms with E-state index in [1.807, 2.05) is 0 Å². The highest BCUT2D eigenvalue weighted by atomic mass is 16.6. The van der Waals surface area contributed by atoms with Gasteiger partial charge in [-0.1, -0.05) is 18.2 Å². The maximum atomic E-state index is 12.1. The van der Waals surface area contributed by atoms with E-state index in [-0.39, 0.29) is 11.3 Å². The van der Waals surface area contributed by atoms with E-state index in [9.17, 15) is 30.1 Å². The summed E-state index contributed by atoms with van der Waals surface area (Å²) in [6.45, 7) is 3.59. The van der Waals surface area contributed by atoms with Crippen LogP contribution < -0.4 is 5.43 Å². The Labute approximate surface area is 152 Å². The number of para-hydroxylation sites is 1. The number of aromatic hydroxyl groups is 1. The number of phenolic OH excluding ortho intramolecular Hbond substituents is 1. The lowest BCUT2D eigenvalue weighted by Gasteiger charge is -2.05. The van der Waals surface area contributed by atoms with Crippen molar-refractivity contribution < 1.29 is 19.7 Å². The van der Waals surface area contributed by atoms with Gasteiger partial charge in [0.1, 0.15) is 5.75 Å². The zero-order valence-corrected chi connectivity index (χ0v) is 13.9. The molecule has 10 heteroatoms. The number of nitro benzene ring substituents is 2. The van der Waals surface area contributed by atoms with Crippen LogP contribution in [0.2, 0.25) is 0 Å². The van der Waals surface area contributed by atoms with Crippen molar-refractivity contribution in [2.45, 2.75) is 6.42 Å². The van der Waals surface area contributed by atoms with Crippen LogP contribution in [-0.2, 0) is 6.42 Å². The van der Waals surface area contributed by atoms with Crippen molar-refractivity contribution in [1.29, 1.82) is 0 Å². The van der Waals surface area contributed by atoms with Gasteiger partial charge in [0.25, 0.3) is 17.3 Å². The lowest BCUT2D eigenvalue weighted by molar-refractivity contribution is -0.394. The molecule has 2 aromatic carbocycles. The van der Waals surface area contributed by atoms with Gasteiger partial charge in [0, 0.05) is 17.7 Å². The van der Waals surface area contributed by atoms with Crippen molar-refractivity contribution in [3.05, 3.63) is 86.0 Å². The van der Waals surface area contributed by atoms with E-state index < -0.39 is 27.1 Å². The van der Waals surface area contributed by atoms with Crippen LogP contribution in [0.4, 0.5) is 11.4 Å². The first-order valence-electron chi connectivity index (χ1n) is 7.52. The summed E-state index contributed by atoms with van der Waals surface area (Å²) >= 11 is 0. The zero-order chi connectivity index (χ0) is 20.0. The van der Waals surface area contributed by atoms with Gasteiger partial charge < -0.3 is 5.11 Å². The number of carbonyl (C=O) groups excluding carboxylic acids is 1. The van der Waals surface area contributed by atoms with E-state index in [1.54, 1.807) is 24.3 Å². The van der Waals surface area contributed by atoms with Gasteiger partial charge in [-0.2, -0.15) is 5.10 Å². The minimum Gasteiger partial charge on any atom is -0.507 e. The summed E-state index contributed by atoms with van der Waals surface area (Å²) < 4.78 is 0. The summed E-state index contributed by atoms with van der Waals surface area (Å²) in [5.74, 6) is -0.902.